The minimum atomic E-state index is -0.259. The molecule has 1 aromatic rings. The number of pyridine rings is 1. The Bertz CT molecular complexity index is 314. The number of aryl methyl sites for hydroxylation is 1. The number of aliphatic hydroxyl groups excluding tert-OH is 1. The molecule has 76 valence electrons. The lowest BCUT2D eigenvalue weighted by atomic mass is 9.95. The Kier molecular flexibility index (Phi) is 2.79. The minimum absolute atomic E-state index is 0.0884. The third-order valence-electron chi connectivity index (χ3n) is 2.71. The number of nitrogens with one attached hydrogen (secondary N) is 1. The highest BCUT2D eigenvalue weighted by Crippen LogP contribution is 2.23. The third-order valence-corrected chi connectivity index (χ3v) is 2.71. The molecule has 1 fully saturated rings. The summed E-state index contributed by atoms with van der Waals surface area (Å²) in [6, 6.07) is 4.09. The molecule has 0 spiro atoms. The molecule has 2 atom stereocenters. The minimum Gasteiger partial charge on any atom is -0.391 e. The van der Waals surface area contributed by atoms with Crippen LogP contribution in [0.3, 0.4) is 0 Å². The number of hydrogen-bond acceptors (Lipinski definition) is 3. The van der Waals surface area contributed by atoms with Crippen LogP contribution in [-0.2, 0) is 0 Å². The van der Waals surface area contributed by atoms with Crippen LogP contribution in [0.15, 0.2) is 18.3 Å². The molecule has 2 heterocycles. The standard InChI is InChI=1S/C11H16N2O/c1-8-7-9(4-6-12-8)11-10(14)3-2-5-13-11/h4,6-7,10-11,13-14H,2-3,5H2,1H3. The van der Waals surface area contributed by atoms with E-state index in [1.807, 2.05) is 19.1 Å². The van der Waals surface area contributed by atoms with Gasteiger partial charge in [0, 0.05) is 11.9 Å². The van der Waals surface area contributed by atoms with Gasteiger partial charge in [-0.15, -0.1) is 0 Å². The molecule has 0 amide bonds. The van der Waals surface area contributed by atoms with E-state index in [2.05, 4.69) is 10.3 Å². The lowest BCUT2D eigenvalue weighted by Gasteiger charge is -2.29. The molecule has 1 aromatic heterocycles. The first kappa shape index (κ1) is 9.62. The van der Waals surface area contributed by atoms with Crippen LogP contribution in [0.5, 0.6) is 0 Å². The fourth-order valence-corrected chi connectivity index (χ4v) is 1.97. The molecule has 3 nitrogen and oxygen atoms in total. The van der Waals surface area contributed by atoms with Gasteiger partial charge in [0.15, 0.2) is 0 Å². The zero-order chi connectivity index (χ0) is 9.97. The summed E-state index contributed by atoms with van der Waals surface area (Å²) in [7, 11) is 0. The summed E-state index contributed by atoms with van der Waals surface area (Å²) in [5.74, 6) is 0. The smallest absolute Gasteiger partial charge is 0.0735 e. The molecule has 0 saturated carbocycles. The van der Waals surface area contributed by atoms with E-state index >= 15 is 0 Å². The summed E-state index contributed by atoms with van der Waals surface area (Å²) in [4.78, 5) is 4.15. The van der Waals surface area contributed by atoms with E-state index in [4.69, 9.17) is 0 Å². The number of aliphatic hydroxyl groups is 1. The second kappa shape index (κ2) is 4.07. The van der Waals surface area contributed by atoms with Gasteiger partial charge in [-0.3, -0.25) is 4.98 Å². The van der Waals surface area contributed by atoms with Gasteiger partial charge in [-0.1, -0.05) is 0 Å². The maximum atomic E-state index is 9.83. The summed E-state index contributed by atoms with van der Waals surface area (Å²) < 4.78 is 0. The van der Waals surface area contributed by atoms with Crippen LogP contribution in [0.2, 0.25) is 0 Å². The first-order chi connectivity index (χ1) is 6.77. The molecule has 1 saturated heterocycles. The lowest BCUT2D eigenvalue weighted by molar-refractivity contribution is 0.0965. The summed E-state index contributed by atoms with van der Waals surface area (Å²) in [6.45, 7) is 2.96. The number of piperidine rings is 1. The number of rotatable bonds is 1. The SMILES string of the molecule is Cc1cc(C2NCCCC2O)ccn1. The molecule has 14 heavy (non-hydrogen) atoms. The van der Waals surface area contributed by atoms with Crippen molar-refractivity contribution >= 4 is 0 Å². The van der Waals surface area contributed by atoms with E-state index in [9.17, 15) is 5.11 Å². The Balaban J connectivity index is 2.20. The van der Waals surface area contributed by atoms with Crippen LogP contribution in [0.1, 0.15) is 30.1 Å². The van der Waals surface area contributed by atoms with Gasteiger partial charge in [0.25, 0.3) is 0 Å². The summed E-state index contributed by atoms with van der Waals surface area (Å²) in [5.41, 5.74) is 2.15. The monoisotopic (exact) mass is 192 g/mol. The van der Waals surface area contributed by atoms with E-state index in [-0.39, 0.29) is 12.1 Å². The van der Waals surface area contributed by atoms with Crippen molar-refractivity contribution < 1.29 is 5.11 Å². The number of hydrogen-bond donors (Lipinski definition) is 2. The highest BCUT2D eigenvalue weighted by Gasteiger charge is 2.23. The largest absolute Gasteiger partial charge is 0.391 e. The highest BCUT2D eigenvalue weighted by molar-refractivity contribution is 5.21. The van der Waals surface area contributed by atoms with Gasteiger partial charge in [0.05, 0.1) is 12.1 Å². The van der Waals surface area contributed by atoms with E-state index in [1.54, 1.807) is 6.20 Å². The van der Waals surface area contributed by atoms with Crippen molar-refractivity contribution in [2.24, 2.45) is 0 Å². The Morgan fingerprint density at radius 2 is 2.43 bits per heavy atom. The van der Waals surface area contributed by atoms with Crippen LogP contribution in [0.25, 0.3) is 0 Å². The molecular weight excluding hydrogens is 176 g/mol. The molecule has 1 aliphatic heterocycles. The van der Waals surface area contributed by atoms with Gasteiger partial charge in [0.2, 0.25) is 0 Å². The Hall–Kier alpha value is -0.930. The van der Waals surface area contributed by atoms with Crippen molar-refractivity contribution in [2.45, 2.75) is 31.9 Å². The molecular formula is C11H16N2O. The average Bonchev–Trinajstić information content (AvgIpc) is 2.18. The molecule has 2 N–H and O–H groups in total. The topological polar surface area (TPSA) is 45.1 Å². The second-order valence-electron chi connectivity index (χ2n) is 3.87. The Morgan fingerprint density at radius 1 is 1.57 bits per heavy atom. The van der Waals surface area contributed by atoms with Crippen molar-refractivity contribution in [1.29, 1.82) is 0 Å². The maximum Gasteiger partial charge on any atom is 0.0735 e. The number of aromatic nitrogens is 1. The normalized spacial score (nSPS) is 27.6. The van der Waals surface area contributed by atoms with Gasteiger partial charge < -0.3 is 10.4 Å². The maximum absolute atomic E-state index is 9.83. The molecule has 2 unspecified atom stereocenters. The van der Waals surface area contributed by atoms with E-state index in [1.165, 1.54) is 0 Å². The van der Waals surface area contributed by atoms with Crippen LogP contribution in [0.4, 0.5) is 0 Å². The summed E-state index contributed by atoms with van der Waals surface area (Å²) in [6.07, 6.45) is 3.49. The third kappa shape index (κ3) is 1.94. The molecule has 2 rings (SSSR count). The fourth-order valence-electron chi connectivity index (χ4n) is 1.97. The average molecular weight is 192 g/mol. The molecule has 0 radical (unpaired) electrons. The first-order valence-electron chi connectivity index (χ1n) is 5.11. The van der Waals surface area contributed by atoms with Gasteiger partial charge in [-0.2, -0.15) is 0 Å². The van der Waals surface area contributed by atoms with Crippen molar-refractivity contribution in [3.63, 3.8) is 0 Å². The van der Waals surface area contributed by atoms with Crippen LogP contribution in [0, 0.1) is 6.92 Å². The zero-order valence-corrected chi connectivity index (χ0v) is 8.40. The van der Waals surface area contributed by atoms with Crippen LogP contribution in [-0.4, -0.2) is 22.7 Å². The zero-order valence-electron chi connectivity index (χ0n) is 8.40. The fraction of sp³-hybridized carbons (Fsp3) is 0.545. The predicted octanol–water partition coefficient (Wildman–Crippen LogP) is 1.18. The van der Waals surface area contributed by atoms with Crippen LogP contribution < -0.4 is 5.32 Å². The highest BCUT2D eigenvalue weighted by atomic mass is 16.3. The molecule has 0 aromatic carbocycles. The second-order valence-corrected chi connectivity index (χ2v) is 3.87. The lowest BCUT2D eigenvalue weighted by Crippen LogP contribution is -2.37. The van der Waals surface area contributed by atoms with Gasteiger partial charge in [-0.05, 0) is 44.0 Å². The van der Waals surface area contributed by atoms with Gasteiger partial charge in [-0.25, -0.2) is 0 Å². The Labute approximate surface area is 84.2 Å². The van der Waals surface area contributed by atoms with Gasteiger partial charge >= 0.3 is 0 Å². The van der Waals surface area contributed by atoms with Crippen molar-refractivity contribution in [3.05, 3.63) is 29.6 Å². The summed E-state index contributed by atoms with van der Waals surface area (Å²) >= 11 is 0. The number of nitrogens with zero attached hydrogens (tertiary/aromatic N) is 1. The molecule has 0 bridgehead atoms. The van der Waals surface area contributed by atoms with E-state index in [0.29, 0.717) is 0 Å². The Morgan fingerprint density at radius 3 is 3.14 bits per heavy atom. The van der Waals surface area contributed by atoms with Crippen molar-refractivity contribution in [2.75, 3.05) is 6.54 Å². The van der Waals surface area contributed by atoms with Crippen molar-refractivity contribution in [3.8, 4) is 0 Å². The van der Waals surface area contributed by atoms with Gasteiger partial charge in [0.1, 0.15) is 0 Å². The first-order valence-corrected chi connectivity index (χ1v) is 5.11. The summed E-state index contributed by atoms with van der Waals surface area (Å²) in [5, 5.41) is 13.2. The van der Waals surface area contributed by atoms with E-state index in [0.717, 1.165) is 30.6 Å². The molecule has 3 heteroatoms. The quantitative estimate of drug-likeness (QED) is 0.702. The molecule has 0 aliphatic carbocycles. The molecule has 1 aliphatic rings. The predicted molar refractivity (Wildman–Crippen MR) is 55.0 cm³/mol. The van der Waals surface area contributed by atoms with Crippen molar-refractivity contribution in [1.82, 2.24) is 10.3 Å². The van der Waals surface area contributed by atoms with Crippen LogP contribution >= 0.6 is 0 Å². The van der Waals surface area contributed by atoms with E-state index < -0.39 is 0 Å².